The van der Waals surface area contributed by atoms with Crippen molar-refractivity contribution in [2.75, 3.05) is 45.2 Å². The SMILES string of the molecule is CN(C)c1ccccc1.NC(=O)N1CCNCC1. The maximum absolute atomic E-state index is 10.5. The molecule has 1 heterocycles. The summed E-state index contributed by atoms with van der Waals surface area (Å²) in [7, 11) is 4.07. The number of rotatable bonds is 1. The largest absolute Gasteiger partial charge is 0.378 e. The van der Waals surface area contributed by atoms with E-state index in [0.29, 0.717) is 0 Å². The van der Waals surface area contributed by atoms with Crippen molar-refractivity contribution in [3.8, 4) is 0 Å². The van der Waals surface area contributed by atoms with Crippen molar-refractivity contribution in [1.29, 1.82) is 0 Å². The second kappa shape index (κ2) is 7.55. The van der Waals surface area contributed by atoms with E-state index in [4.69, 9.17) is 5.73 Å². The van der Waals surface area contributed by atoms with Crippen molar-refractivity contribution in [3.05, 3.63) is 30.3 Å². The summed E-state index contributed by atoms with van der Waals surface area (Å²) in [4.78, 5) is 14.2. The van der Waals surface area contributed by atoms with Gasteiger partial charge in [-0.3, -0.25) is 0 Å². The molecular formula is C13H22N4O. The molecule has 1 aliphatic rings. The zero-order chi connectivity index (χ0) is 13.4. The highest BCUT2D eigenvalue weighted by molar-refractivity contribution is 5.72. The van der Waals surface area contributed by atoms with Gasteiger partial charge in [0, 0.05) is 46.0 Å². The van der Waals surface area contributed by atoms with Crippen LogP contribution in [0.2, 0.25) is 0 Å². The van der Waals surface area contributed by atoms with Crippen LogP contribution in [0.5, 0.6) is 0 Å². The molecule has 0 radical (unpaired) electrons. The van der Waals surface area contributed by atoms with Crippen molar-refractivity contribution in [1.82, 2.24) is 10.2 Å². The number of hydrogen-bond acceptors (Lipinski definition) is 3. The molecule has 1 aromatic carbocycles. The van der Waals surface area contributed by atoms with Gasteiger partial charge in [-0.15, -0.1) is 0 Å². The Morgan fingerprint density at radius 2 is 1.78 bits per heavy atom. The summed E-state index contributed by atoms with van der Waals surface area (Å²) in [6.07, 6.45) is 0. The second-order valence-corrected chi connectivity index (χ2v) is 4.31. The summed E-state index contributed by atoms with van der Waals surface area (Å²) in [6.45, 7) is 3.22. The van der Waals surface area contributed by atoms with E-state index in [1.807, 2.05) is 32.3 Å². The van der Waals surface area contributed by atoms with Gasteiger partial charge in [-0.05, 0) is 12.1 Å². The minimum atomic E-state index is -0.309. The van der Waals surface area contributed by atoms with Gasteiger partial charge in [-0.2, -0.15) is 0 Å². The molecule has 2 amide bonds. The molecule has 0 unspecified atom stereocenters. The van der Waals surface area contributed by atoms with E-state index < -0.39 is 0 Å². The van der Waals surface area contributed by atoms with Crippen LogP contribution in [0.15, 0.2) is 30.3 Å². The monoisotopic (exact) mass is 250 g/mol. The first-order valence-electron chi connectivity index (χ1n) is 6.08. The Labute approximate surface area is 109 Å². The summed E-state index contributed by atoms with van der Waals surface area (Å²) < 4.78 is 0. The highest BCUT2D eigenvalue weighted by atomic mass is 16.2. The molecule has 5 heteroatoms. The third-order valence-corrected chi connectivity index (χ3v) is 2.70. The van der Waals surface area contributed by atoms with E-state index >= 15 is 0 Å². The first-order chi connectivity index (χ1) is 8.61. The lowest BCUT2D eigenvalue weighted by atomic mass is 10.3. The van der Waals surface area contributed by atoms with Gasteiger partial charge in [0.1, 0.15) is 0 Å². The molecule has 18 heavy (non-hydrogen) atoms. The van der Waals surface area contributed by atoms with Gasteiger partial charge < -0.3 is 20.9 Å². The van der Waals surface area contributed by atoms with E-state index in [-0.39, 0.29) is 6.03 Å². The number of hydrogen-bond donors (Lipinski definition) is 2. The standard InChI is InChI=1S/C8H11N.C5H11N3O/c1-9(2)8-6-4-3-5-7-8;6-5(9)8-3-1-7-2-4-8/h3-7H,1-2H3;7H,1-4H2,(H2,6,9). The molecule has 1 saturated heterocycles. The van der Waals surface area contributed by atoms with Gasteiger partial charge in [-0.1, -0.05) is 18.2 Å². The van der Waals surface area contributed by atoms with Crippen molar-refractivity contribution < 1.29 is 4.79 Å². The Balaban J connectivity index is 0.000000180. The fourth-order valence-electron chi connectivity index (χ4n) is 1.61. The summed E-state index contributed by atoms with van der Waals surface area (Å²) >= 11 is 0. The zero-order valence-electron chi connectivity index (χ0n) is 11.1. The highest BCUT2D eigenvalue weighted by Gasteiger charge is 2.11. The van der Waals surface area contributed by atoms with E-state index in [1.54, 1.807) is 4.90 Å². The highest BCUT2D eigenvalue weighted by Crippen LogP contribution is 2.07. The number of anilines is 1. The van der Waals surface area contributed by atoms with Gasteiger partial charge in [0.05, 0.1) is 0 Å². The Morgan fingerprint density at radius 1 is 1.22 bits per heavy atom. The third kappa shape index (κ3) is 5.05. The van der Waals surface area contributed by atoms with Crippen LogP contribution in [0.1, 0.15) is 0 Å². The van der Waals surface area contributed by atoms with Gasteiger partial charge in [0.25, 0.3) is 0 Å². The van der Waals surface area contributed by atoms with E-state index in [0.717, 1.165) is 26.2 Å². The quantitative estimate of drug-likeness (QED) is 0.772. The van der Waals surface area contributed by atoms with Gasteiger partial charge >= 0.3 is 6.03 Å². The summed E-state index contributed by atoms with van der Waals surface area (Å²) in [5.41, 5.74) is 6.27. The van der Waals surface area contributed by atoms with E-state index in [1.165, 1.54) is 5.69 Å². The molecule has 100 valence electrons. The first kappa shape index (κ1) is 14.3. The van der Waals surface area contributed by atoms with Crippen LogP contribution in [0.25, 0.3) is 0 Å². The number of carbonyl (C=O) groups excluding carboxylic acids is 1. The van der Waals surface area contributed by atoms with Gasteiger partial charge in [-0.25, -0.2) is 4.79 Å². The topological polar surface area (TPSA) is 61.6 Å². The number of para-hydroxylation sites is 1. The van der Waals surface area contributed by atoms with Crippen LogP contribution < -0.4 is 16.0 Å². The van der Waals surface area contributed by atoms with Crippen molar-refractivity contribution in [2.45, 2.75) is 0 Å². The Kier molecular flexibility index (Phi) is 6.00. The second-order valence-electron chi connectivity index (χ2n) is 4.31. The number of urea groups is 1. The lowest BCUT2D eigenvalue weighted by molar-refractivity contribution is 0.200. The molecule has 1 fully saturated rings. The Bertz CT molecular complexity index is 347. The molecule has 0 spiro atoms. The predicted octanol–water partition coefficient (Wildman–Crippen LogP) is 0.723. The van der Waals surface area contributed by atoms with Crippen LogP contribution in [0, 0.1) is 0 Å². The van der Waals surface area contributed by atoms with Crippen LogP contribution in [0.3, 0.4) is 0 Å². The molecule has 0 bridgehead atoms. The number of benzene rings is 1. The lowest BCUT2D eigenvalue weighted by Crippen LogP contribution is -2.48. The number of nitrogens with zero attached hydrogens (tertiary/aromatic N) is 2. The van der Waals surface area contributed by atoms with Gasteiger partial charge in [0.2, 0.25) is 0 Å². The molecular weight excluding hydrogens is 228 g/mol. The smallest absolute Gasteiger partial charge is 0.314 e. The normalized spacial score (nSPS) is 14.4. The maximum atomic E-state index is 10.5. The van der Waals surface area contributed by atoms with Crippen molar-refractivity contribution >= 4 is 11.7 Å². The Hall–Kier alpha value is -1.75. The number of amides is 2. The number of primary amides is 1. The number of nitrogens with one attached hydrogen (secondary N) is 1. The van der Waals surface area contributed by atoms with E-state index in [2.05, 4.69) is 22.3 Å². The summed E-state index contributed by atoms with van der Waals surface area (Å²) in [5, 5.41) is 3.12. The third-order valence-electron chi connectivity index (χ3n) is 2.70. The number of carbonyl (C=O) groups is 1. The van der Waals surface area contributed by atoms with Crippen LogP contribution >= 0.6 is 0 Å². The number of nitrogens with two attached hydrogens (primary N) is 1. The number of piperazine rings is 1. The fourth-order valence-corrected chi connectivity index (χ4v) is 1.61. The van der Waals surface area contributed by atoms with E-state index in [9.17, 15) is 4.79 Å². The molecule has 2 rings (SSSR count). The molecule has 0 aliphatic carbocycles. The average molecular weight is 250 g/mol. The van der Waals surface area contributed by atoms with Crippen molar-refractivity contribution in [3.63, 3.8) is 0 Å². The van der Waals surface area contributed by atoms with Crippen LogP contribution in [-0.2, 0) is 0 Å². The molecule has 0 aromatic heterocycles. The summed E-state index contributed by atoms with van der Waals surface area (Å²) in [6, 6.07) is 9.95. The van der Waals surface area contributed by atoms with Crippen LogP contribution in [-0.4, -0.2) is 51.2 Å². The molecule has 0 atom stereocenters. The molecule has 3 N–H and O–H groups in total. The van der Waals surface area contributed by atoms with Crippen LogP contribution in [0.4, 0.5) is 10.5 Å². The first-order valence-corrected chi connectivity index (χ1v) is 6.08. The van der Waals surface area contributed by atoms with Crippen molar-refractivity contribution in [2.24, 2.45) is 5.73 Å². The fraction of sp³-hybridized carbons (Fsp3) is 0.462. The minimum Gasteiger partial charge on any atom is -0.378 e. The van der Waals surface area contributed by atoms with Gasteiger partial charge in [0.15, 0.2) is 0 Å². The molecule has 1 aromatic rings. The molecule has 0 saturated carbocycles. The Morgan fingerprint density at radius 3 is 2.11 bits per heavy atom. The minimum absolute atomic E-state index is 0.309. The average Bonchev–Trinajstić information content (AvgIpc) is 2.41. The zero-order valence-corrected chi connectivity index (χ0v) is 11.1. The maximum Gasteiger partial charge on any atom is 0.314 e. The molecule has 5 nitrogen and oxygen atoms in total. The summed E-state index contributed by atoms with van der Waals surface area (Å²) in [5.74, 6) is 0. The predicted molar refractivity (Wildman–Crippen MR) is 74.8 cm³/mol. The molecule has 1 aliphatic heterocycles. The lowest BCUT2D eigenvalue weighted by Gasteiger charge is -2.25.